The van der Waals surface area contributed by atoms with Gasteiger partial charge in [-0.25, -0.2) is 0 Å². The van der Waals surface area contributed by atoms with Gasteiger partial charge in [0, 0.05) is 29.7 Å². The van der Waals surface area contributed by atoms with E-state index >= 15 is 0 Å². The molecular formula is C11H18Cl4N2. The summed E-state index contributed by atoms with van der Waals surface area (Å²) in [5, 5.41) is 1.36. The molecule has 1 aromatic carbocycles. The lowest BCUT2D eigenvalue weighted by Crippen LogP contribution is -2.28. The molecule has 2 nitrogen and oxygen atoms in total. The summed E-state index contributed by atoms with van der Waals surface area (Å²) in [4.78, 5) is 2.25. The second kappa shape index (κ2) is 10.2. The van der Waals surface area contributed by atoms with E-state index < -0.39 is 0 Å². The third kappa shape index (κ3) is 7.35. The largest absolute Gasteiger partial charge is 0.329 e. The van der Waals surface area contributed by atoms with E-state index in [2.05, 4.69) is 11.8 Å². The average molecular weight is 320 g/mol. The average Bonchev–Trinajstić information content (AvgIpc) is 2.15. The fourth-order valence-corrected chi connectivity index (χ4v) is 2.06. The predicted octanol–water partition coefficient (Wildman–Crippen LogP) is 3.62. The second-order valence-corrected chi connectivity index (χ2v) is 4.31. The van der Waals surface area contributed by atoms with Crippen molar-refractivity contribution in [1.29, 1.82) is 0 Å². The third-order valence-corrected chi connectivity index (χ3v) is 2.66. The molecule has 0 heterocycles. The van der Waals surface area contributed by atoms with E-state index in [9.17, 15) is 0 Å². The maximum atomic E-state index is 5.93. The molecule has 0 unspecified atom stereocenters. The SMILES string of the molecule is CCN(CCN)Cc1cc(Cl)cc(Cl)c1.Cl.Cl. The van der Waals surface area contributed by atoms with Gasteiger partial charge in [0.1, 0.15) is 0 Å². The van der Waals surface area contributed by atoms with Crippen molar-refractivity contribution in [1.82, 2.24) is 4.90 Å². The quantitative estimate of drug-likeness (QED) is 0.898. The van der Waals surface area contributed by atoms with E-state index in [0.29, 0.717) is 16.6 Å². The van der Waals surface area contributed by atoms with Gasteiger partial charge < -0.3 is 5.73 Å². The summed E-state index contributed by atoms with van der Waals surface area (Å²) in [6, 6.07) is 5.62. The molecular weight excluding hydrogens is 302 g/mol. The molecule has 0 amide bonds. The maximum Gasteiger partial charge on any atom is 0.0424 e. The standard InChI is InChI=1S/C11H16Cl2N2.2ClH/c1-2-15(4-3-14)8-9-5-10(12)7-11(13)6-9;;/h5-7H,2-4,8,14H2,1H3;2*1H. The van der Waals surface area contributed by atoms with Crippen LogP contribution in [0.4, 0.5) is 0 Å². The Morgan fingerprint density at radius 1 is 1.12 bits per heavy atom. The molecule has 0 fully saturated rings. The normalized spacial score (nSPS) is 9.71. The zero-order valence-corrected chi connectivity index (χ0v) is 12.8. The van der Waals surface area contributed by atoms with E-state index in [1.165, 1.54) is 0 Å². The fraction of sp³-hybridized carbons (Fsp3) is 0.455. The molecule has 0 aliphatic carbocycles. The zero-order valence-electron chi connectivity index (χ0n) is 9.66. The van der Waals surface area contributed by atoms with Crippen molar-refractivity contribution in [2.75, 3.05) is 19.6 Å². The monoisotopic (exact) mass is 318 g/mol. The van der Waals surface area contributed by atoms with Gasteiger partial charge in [-0.05, 0) is 30.3 Å². The molecule has 17 heavy (non-hydrogen) atoms. The number of nitrogens with zero attached hydrogens (tertiary/aromatic N) is 1. The van der Waals surface area contributed by atoms with Crippen molar-refractivity contribution in [2.45, 2.75) is 13.5 Å². The lowest BCUT2D eigenvalue weighted by molar-refractivity contribution is 0.288. The van der Waals surface area contributed by atoms with E-state index in [-0.39, 0.29) is 24.8 Å². The Bertz CT molecular complexity index is 300. The fourth-order valence-electron chi connectivity index (χ4n) is 1.49. The molecule has 0 aliphatic heterocycles. The number of hydrogen-bond donors (Lipinski definition) is 1. The summed E-state index contributed by atoms with van der Waals surface area (Å²) in [6.07, 6.45) is 0. The Balaban J connectivity index is 0. The van der Waals surface area contributed by atoms with Crippen molar-refractivity contribution in [3.63, 3.8) is 0 Å². The van der Waals surface area contributed by atoms with Gasteiger partial charge in [-0.3, -0.25) is 4.90 Å². The van der Waals surface area contributed by atoms with Crippen LogP contribution in [0.2, 0.25) is 10.0 Å². The van der Waals surface area contributed by atoms with Crippen molar-refractivity contribution < 1.29 is 0 Å². The van der Waals surface area contributed by atoms with Crippen LogP contribution in [0.25, 0.3) is 0 Å². The van der Waals surface area contributed by atoms with Gasteiger partial charge in [0.05, 0.1) is 0 Å². The summed E-state index contributed by atoms with van der Waals surface area (Å²) in [6.45, 7) is 5.49. The van der Waals surface area contributed by atoms with Crippen molar-refractivity contribution in [3.8, 4) is 0 Å². The minimum atomic E-state index is 0. The molecule has 6 heteroatoms. The van der Waals surface area contributed by atoms with Gasteiger partial charge in [0.15, 0.2) is 0 Å². The number of halogens is 4. The molecule has 1 aromatic rings. The molecule has 100 valence electrons. The molecule has 2 N–H and O–H groups in total. The highest BCUT2D eigenvalue weighted by Crippen LogP contribution is 2.19. The summed E-state index contributed by atoms with van der Waals surface area (Å²) < 4.78 is 0. The van der Waals surface area contributed by atoms with Crippen LogP contribution < -0.4 is 5.73 Å². The highest BCUT2D eigenvalue weighted by Gasteiger charge is 2.04. The Kier molecular flexibility index (Phi) is 11.8. The molecule has 0 atom stereocenters. The van der Waals surface area contributed by atoms with Crippen LogP contribution in [0, 0.1) is 0 Å². The molecule has 0 radical (unpaired) electrons. The van der Waals surface area contributed by atoms with E-state index in [0.717, 1.165) is 25.2 Å². The summed E-state index contributed by atoms with van der Waals surface area (Å²) in [7, 11) is 0. The van der Waals surface area contributed by atoms with Gasteiger partial charge in [0.25, 0.3) is 0 Å². The smallest absolute Gasteiger partial charge is 0.0424 e. The van der Waals surface area contributed by atoms with Crippen LogP contribution >= 0.6 is 48.0 Å². The minimum Gasteiger partial charge on any atom is -0.329 e. The van der Waals surface area contributed by atoms with Crippen LogP contribution in [0.5, 0.6) is 0 Å². The first-order valence-corrected chi connectivity index (χ1v) is 5.78. The highest BCUT2D eigenvalue weighted by molar-refractivity contribution is 6.34. The summed E-state index contributed by atoms with van der Waals surface area (Å²) >= 11 is 11.9. The Hall–Kier alpha value is 0.300. The number of likely N-dealkylation sites (N-methyl/N-ethyl adjacent to an activating group) is 1. The number of hydrogen-bond acceptors (Lipinski definition) is 2. The van der Waals surface area contributed by atoms with Crippen LogP contribution in [-0.4, -0.2) is 24.5 Å². The molecule has 0 saturated carbocycles. The van der Waals surface area contributed by atoms with Crippen molar-refractivity contribution >= 4 is 48.0 Å². The van der Waals surface area contributed by atoms with E-state index in [1.54, 1.807) is 6.07 Å². The van der Waals surface area contributed by atoms with Gasteiger partial charge in [-0.2, -0.15) is 0 Å². The van der Waals surface area contributed by atoms with Crippen LogP contribution in [0.15, 0.2) is 18.2 Å². The van der Waals surface area contributed by atoms with E-state index in [4.69, 9.17) is 28.9 Å². The highest BCUT2D eigenvalue weighted by atomic mass is 35.5. The van der Waals surface area contributed by atoms with Crippen molar-refractivity contribution in [2.24, 2.45) is 5.73 Å². The lowest BCUT2D eigenvalue weighted by Gasteiger charge is -2.19. The van der Waals surface area contributed by atoms with Crippen LogP contribution in [0.3, 0.4) is 0 Å². The van der Waals surface area contributed by atoms with Crippen molar-refractivity contribution in [3.05, 3.63) is 33.8 Å². The first-order valence-electron chi connectivity index (χ1n) is 5.03. The molecule has 0 spiro atoms. The first kappa shape index (κ1) is 19.6. The summed E-state index contributed by atoms with van der Waals surface area (Å²) in [5.41, 5.74) is 6.65. The summed E-state index contributed by atoms with van der Waals surface area (Å²) in [5.74, 6) is 0. The molecule has 0 bridgehead atoms. The molecule has 0 aromatic heterocycles. The van der Waals surface area contributed by atoms with Gasteiger partial charge in [-0.1, -0.05) is 30.1 Å². The second-order valence-electron chi connectivity index (χ2n) is 3.44. The van der Waals surface area contributed by atoms with Crippen LogP contribution in [0.1, 0.15) is 12.5 Å². The predicted molar refractivity (Wildman–Crippen MR) is 81.0 cm³/mol. The number of rotatable bonds is 5. The molecule has 0 aliphatic rings. The van der Waals surface area contributed by atoms with Gasteiger partial charge in [0.2, 0.25) is 0 Å². The van der Waals surface area contributed by atoms with E-state index in [1.807, 2.05) is 12.1 Å². The first-order chi connectivity index (χ1) is 7.15. The topological polar surface area (TPSA) is 29.3 Å². The Labute approximate surface area is 125 Å². The molecule has 1 rings (SSSR count). The number of benzene rings is 1. The maximum absolute atomic E-state index is 5.93. The van der Waals surface area contributed by atoms with Gasteiger partial charge >= 0.3 is 0 Å². The van der Waals surface area contributed by atoms with Gasteiger partial charge in [-0.15, -0.1) is 24.8 Å². The Morgan fingerprint density at radius 2 is 1.65 bits per heavy atom. The molecule has 0 saturated heterocycles. The lowest BCUT2D eigenvalue weighted by atomic mass is 10.2. The number of nitrogens with two attached hydrogens (primary N) is 1. The van der Waals surface area contributed by atoms with Crippen LogP contribution in [-0.2, 0) is 6.54 Å². The Morgan fingerprint density at radius 3 is 2.06 bits per heavy atom. The zero-order chi connectivity index (χ0) is 11.3. The minimum absolute atomic E-state index is 0. The third-order valence-electron chi connectivity index (χ3n) is 2.22.